The highest BCUT2D eigenvalue weighted by Gasteiger charge is 2.08. The highest BCUT2D eigenvalue weighted by molar-refractivity contribution is 7.89. The molecule has 3 aromatic rings. The first-order chi connectivity index (χ1) is 21.6. The second kappa shape index (κ2) is 20.9. The minimum atomic E-state index is -2.96. The van der Waals surface area contributed by atoms with Crippen LogP contribution in [0.5, 0.6) is 0 Å². The van der Waals surface area contributed by atoms with Crippen molar-refractivity contribution in [1.29, 1.82) is 0 Å². The van der Waals surface area contributed by atoms with Crippen molar-refractivity contribution in [2.24, 2.45) is 0 Å². The van der Waals surface area contributed by atoms with E-state index in [9.17, 15) is 8.42 Å². The van der Waals surface area contributed by atoms with Crippen molar-refractivity contribution in [2.45, 2.75) is 71.5 Å². The fraction of sp³-hybridized carbons (Fsp3) is 0.583. The summed E-state index contributed by atoms with van der Waals surface area (Å²) < 4.78 is 27.1. The maximum Gasteiger partial charge on any atom is 0.151 e. The molecular weight excluding hydrogens is 597 g/mol. The number of rotatable bonds is 14. The van der Waals surface area contributed by atoms with Crippen molar-refractivity contribution < 1.29 is 13.2 Å². The van der Waals surface area contributed by atoms with Gasteiger partial charge in [-0.2, -0.15) is 0 Å². The lowest BCUT2D eigenvalue weighted by molar-refractivity contribution is 0.206. The first kappa shape index (κ1) is 40.9. The lowest BCUT2D eigenvalue weighted by atomic mass is 10.0. The first-order valence-electron chi connectivity index (χ1n) is 16.2. The van der Waals surface area contributed by atoms with Crippen molar-refractivity contribution in [3.8, 4) is 0 Å². The van der Waals surface area contributed by atoms with Gasteiger partial charge in [0.2, 0.25) is 0 Å². The second-order valence-corrected chi connectivity index (χ2v) is 14.9. The zero-order valence-corrected chi connectivity index (χ0v) is 31.3. The van der Waals surface area contributed by atoms with E-state index >= 15 is 0 Å². The number of ether oxygens (including phenoxy) is 1. The maximum atomic E-state index is 11.0. The number of sulfone groups is 1. The minimum absolute atomic E-state index is 0.0702. The number of nitrogens with zero attached hydrogens (tertiary/aromatic N) is 6. The van der Waals surface area contributed by atoms with E-state index in [1.807, 2.05) is 25.4 Å². The Balaban J connectivity index is 0.000000345. The lowest BCUT2D eigenvalue weighted by Crippen LogP contribution is -2.29. The molecule has 3 aromatic heterocycles. The molecule has 9 nitrogen and oxygen atoms in total. The Bertz CT molecular complexity index is 1350. The molecule has 0 aliphatic carbocycles. The number of methoxy groups -OCH3 is 1. The summed E-state index contributed by atoms with van der Waals surface area (Å²) in [5.41, 5.74) is 5.21. The summed E-state index contributed by atoms with van der Waals surface area (Å²) in [6.07, 6.45) is 5.85. The molecule has 0 aromatic carbocycles. The van der Waals surface area contributed by atoms with E-state index in [0.717, 1.165) is 66.8 Å². The summed E-state index contributed by atoms with van der Waals surface area (Å²) in [5.74, 6) is 2.54. The second-order valence-electron chi connectivity index (χ2n) is 12.8. The topological polar surface area (TPSA) is 91.8 Å². The third kappa shape index (κ3) is 16.5. The fourth-order valence-corrected chi connectivity index (χ4v) is 4.86. The van der Waals surface area contributed by atoms with E-state index in [-0.39, 0.29) is 5.75 Å². The van der Waals surface area contributed by atoms with Gasteiger partial charge in [-0.1, -0.05) is 53.7 Å². The Morgan fingerprint density at radius 1 is 0.761 bits per heavy atom. The van der Waals surface area contributed by atoms with Gasteiger partial charge in [-0.25, -0.2) is 13.4 Å². The van der Waals surface area contributed by atoms with E-state index in [1.54, 1.807) is 13.3 Å². The van der Waals surface area contributed by atoms with Crippen LogP contribution in [-0.4, -0.2) is 96.1 Å². The van der Waals surface area contributed by atoms with Crippen molar-refractivity contribution in [3.05, 3.63) is 77.5 Å². The van der Waals surface area contributed by atoms with Gasteiger partial charge >= 0.3 is 0 Å². The lowest BCUT2D eigenvalue weighted by Gasteiger charge is -2.21. The third-order valence-corrected chi connectivity index (χ3v) is 8.31. The van der Waals surface area contributed by atoms with Gasteiger partial charge in [0, 0.05) is 70.4 Å². The molecule has 1 unspecified atom stereocenters. The van der Waals surface area contributed by atoms with E-state index in [4.69, 9.17) is 4.74 Å². The van der Waals surface area contributed by atoms with E-state index < -0.39 is 9.84 Å². The number of anilines is 2. The van der Waals surface area contributed by atoms with Crippen molar-refractivity contribution in [3.63, 3.8) is 0 Å². The van der Waals surface area contributed by atoms with E-state index in [1.165, 1.54) is 6.26 Å². The molecule has 0 spiro atoms. The molecule has 0 radical (unpaired) electrons. The van der Waals surface area contributed by atoms with Crippen LogP contribution in [0.1, 0.15) is 88.4 Å². The van der Waals surface area contributed by atoms with Crippen LogP contribution < -0.4 is 9.80 Å². The molecule has 0 N–H and O–H groups in total. The van der Waals surface area contributed by atoms with Crippen LogP contribution in [0.15, 0.2) is 54.9 Å². The predicted molar refractivity (Wildman–Crippen MR) is 195 cm³/mol. The molecule has 258 valence electrons. The molecule has 10 heteroatoms. The summed E-state index contributed by atoms with van der Waals surface area (Å²) in [5, 5.41) is 0. The summed E-state index contributed by atoms with van der Waals surface area (Å²) >= 11 is 0. The summed E-state index contributed by atoms with van der Waals surface area (Å²) in [6.45, 7) is 16.5. The van der Waals surface area contributed by atoms with Crippen LogP contribution in [0.25, 0.3) is 0 Å². The van der Waals surface area contributed by atoms with Crippen LogP contribution in [0.4, 0.5) is 11.5 Å². The molecule has 1 atom stereocenters. The Morgan fingerprint density at radius 2 is 1.39 bits per heavy atom. The van der Waals surface area contributed by atoms with Crippen molar-refractivity contribution in [1.82, 2.24) is 19.9 Å². The molecule has 0 aliphatic heterocycles. The Labute approximate surface area is 280 Å². The molecule has 3 rings (SSSR count). The largest absolute Gasteiger partial charge is 0.383 e. The first-order valence-corrected chi connectivity index (χ1v) is 18.2. The third-order valence-electron chi connectivity index (χ3n) is 7.45. The van der Waals surface area contributed by atoms with Gasteiger partial charge in [0.1, 0.15) is 5.82 Å². The van der Waals surface area contributed by atoms with E-state index in [0.29, 0.717) is 17.8 Å². The average molecular weight is 657 g/mol. The molecule has 0 saturated heterocycles. The van der Waals surface area contributed by atoms with Crippen LogP contribution in [0.2, 0.25) is 0 Å². The van der Waals surface area contributed by atoms with Gasteiger partial charge in [-0.3, -0.25) is 9.97 Å². The zero-order chi connectivity index (χ0) is 34.9. The Hall–Kier alpha value is -3.08. The van der Waals surface area contributed by atoms with Gasteiger partial charge in [0.05, 0.1) is 24.2 Å². The molecule has 0 saturated carbocycles. The molecule has 0 aliphatic rings. The standard InChI is InChI=1S/C13H23N3.C12H20N2O.C11H17NO2S/c1-11(2)12-7-6-8-13(14-12)16(5)10-9-15(3)4;1-10(2)12-6-5-11(9-13-12)14(3)7-8-15-4;1-4-9(2)11-6-5-10(7-12-11)8-15(3,13)14/h6-8,11H,9-10H2,1-5H3;5-6,9-10H,7-8H2,1-4H3;5-7,9H,4,8H2,1-3H3. The summed E-state index contributed by atoms with van der Waals surface area (Å²) in [4.78, 5) is 19.9. The van der Waals surface area contributed by atoms with Crippen LogP contribution in [-0.2, 0) is 20.3 Å². The summed E-state index contributed by atoms with van der Waals surface area (Å²) in [7, 11) is 7.08. The highest BCUT2D eigenvalue weighted by atomic mass is 32.2. The highest BCUT2D eigenvalue weighted by Crippen LogP contribution is 2.18. The van der Waals surface area contributed by atoms with Crippen LogP contribution >= 0.6 is 0 Å². The molecular formula is C36H60N6O3S. The molecule has 46 heavy (non-hydrogen) atoms. The zero-order valence-electron chi connectivity index (χ0n) is 30.5. The predicted octanol–water partition coefficient (Wildman–Crippen LogP) is 6.63. The average Bonchev–Trinajstić information content (AvgIpc) is 3.02. The van der Waals surface area contributed by atoms with Gasteiger partial charge < -0.3 is 19.4 Å². The minimum Gasteiger partial charge on any atom is -0.383 e. The smallest absolute Gasteiger partial charge is 0.151 e. The number of pyridine rings is 3. The summed E-state index contributed by atoms with van der Waals surface area (Å²) in [6, 6.07) is 14.2. The van der Waals surface area contributed by atoms with Gasteiger partial charge in [-0.15, -0.1) is 0 Å². The maximum absolute atomic E-state index is 11.0. The van der Waals surface area contributed by atoms with Gasteiger partial charge in [-0.05, 0) is 74.2 Å². The fourth-order valence-electron chi connectivity index (χ4n) is 4.09. The van der Waals surface area contributed by atoms with E-state index in [2.05, 4.69) is 123 Å². The van der Waals surface area contributed by atoms with Crippen LogP contribution in [0, 0.1) is 0 Å². The molecule has 0 amide bonds. The van der Waals surface area contributed by atoms with Crippen molar-refractivity contribution in [2.75, 3.05) is 77.6 Å². The van der Waals surface area contributed by atoms with Crippen LogP contribution in [0.3, 0.4) is 0 Å². The number of hydrogen-bond donors (Lipinski definition) is 0. The quantitative estimate of drug-likeness (QED) is 0.190. The molecule has 0 bridgehead atoms. The monoisotopic (exact) mass is 656 g/mol. The van der Waals surface area contributed by atoms with Gasteiger partial charge in [0.25, 0.3) is 0 Å². The Kier molecular flexibility index (Phi) is 18.6. The Morgan fingerprint density at radius 3 is 1.87 bits per heavy atom. The number of likely N-dealkylation sites (N-methyl/N-ethyl adjacent to an activating group) is 3. The number of aromatic nitrogens is 3. The molecule has 3 heterocycles. The number of hydrogen-bond acceptors (Lipinski definition) is 9. The normalized spacial score (nSPS) is 11.9. The SMILES string of the molecule is CC(C)c1cccc(N(C)CCN(C)C)n1.CCC(C)c1ccc(CS(C)(=O)=O)cn1.COCCN(C)c1ccc(C(C)C)nc1. The van der Waals surface area contributed by atoms with Gasteiger partial charge in [0.15, 0.2) is 9.84 Å². The van der Waals surface area contributed by atoms with Crippen molar-refractivity contribution >= 4 is 21.3 Å². The molecule has 0 fully saturated rings.